The highest BCUT2D eigenvalue weighted by Gasteiger charge is 2.20. The van der Waals surface area contributed by atoms with Crippen LogP contribution in [0.5, 0.6) is 0 Å². The molecule has 0 saturated carbocycles. The number of carbonyl (C=O) groups is 1. The van der Waals surface area contributed by atoms with Crippen LogP contribution in [0.4, 0.5) is 5.69 Å². The third-order valence-electron chi connectivity index (χ3n) is 3.21. The van der Waals surface area contributed by atoms with Gasteiger partial charge in [0.05, 0.1) is 5.69 Å². The van der Waals surface area contributed by atoms with Crippen molar-refractivity contribution < 1.29 is 4.79 Å². The number of nitrogen functional groups attached to an aromatic ring is 1. The molecule has 6 heteroatoms. The van der Waals surface area contributed by atoms with Crippen molar-refractivity contribution in [2.45, 2.75) is 6.54 Å². The number of amides is 1. The van der Waals surface area contributed by atoms with Crippen molar-refractivity contribution in [2.24, 2.45) is 0 Å². The van der Waals surface area contributed by atoms with Gasteiger partial charge in [0.25, 0.3) is 5.91 Å². The predicted octanol–water partition coefficient (Wildman–Crippen LogP) is 2.55. The third-order valence-corrected chi connectivity index (χ3v) is 4.33. The van der Waals surface area contributed by atoms with E-state index in [0.717, 1.165) is 15.8 Å². The Hall–Kier alpha value is -2.47. The molecule has 3 aromatic rings. The first-order valence-electron chi connectivity index (χ1n) is 6.44. The first-order chi connectivity index (χ1) is 10.2. The maximum absolute atomic E-state index is 12.6. The Balaban J connectivity index is 1.88. The average molecular weight is 298 g/mol. The van der Waals surface area contributed by atoms with Crippen LogP contribution in [0.2, 0.25) is 0 Å². The van der Waals surface area contributed by atoms with Crippen LogP contribution in [0.1, 0.15) is 15.2 Å². The lowest BCUT2D eigenvalue weighted by Gasteiger charge is -2.16. The molecule has 0 radical (unpaired) electrons. The van der Waals surface area contributed by atoms with E-state index in [4.69, 9.17) is 5.73 Å². The topological polar surface area (TPSA) is 72.1 Å². The molecule has 0 aliphatic rings. The summed E-state index contributed by atoms with van der Waals surface area (Å²) in [6.07, 6.45) is 5.13. The molecule has 0 unspecified atom stereocenters. The molecule has 3 heterocycles. The van der Waals surface area contributed by atoms with Gasteiger partial charge in [-0.3, -0.25) is 9.78 Å². The van der Waals surface area contributed by atoms with Crippen molar-refractivity contribution >= 4 is 33.1 Å². The first kappa shape index (κ1) is 13.5. The summed E-state index contributed by atoms with van der Waals surface area (Å²) in [5.74, 6) is -0.0905. The number of aromatic nitrogens is 2. The fourth-order valence-electron chi connectivity index (χ4n) is 2.12. The average Bonchev–Trinajstić information content (AvgIpc) is 2.85. The van der Waals surface area contributed by atoms with Crippen LogP contribution in [-0.2, 0) is 6.54 Å². The van der Waals surface area contributed by atoms with Crippen LogP contribution >= 0.6 is 11.3 Å². The third kappa shape index (κ3) is 2.57. The second-order valence-corrected chi connectivity index (χ2v) is 5.72. The summed E-state index contributed by atoms with van der Waals surface area (Å²) in [7, 11) is 1.76. The Kier molecular flexibility index (Phi) is 3.53. The number of nitrogens with two attached hydrogens (primary N) is 1. The highest BCUT2D eigenvalue weighted by molar-refractivity contribution is 7.21. The summed E-state index contributed by atoms with van der Waals surface area (Å²) in [5, 5.41) is 0.836. The van der Waals surface area contributed by atoms with Gasteiger partial charge in [-0.25, -0.2) is 4.98 Å². The summed E-state index contributed by atoms with van der Waals surface area (Å²) < 4.78 is 0. The molecule has 106 valence electrons. The molecule has 0 spiro atoms. The Labute approximate surface area is 126 Å². The zero-order valence-electron chi connectivity index (χ0n) is 11.5. The van der Waals surface area contributed by atoms with E-state index in [9.17, 15) is 4.79 Å². The summed E-state index contributed by atoms with van der Waals surface area (Å²) >= 11 is 1.33. The molecule has 0 fully saturated rings. The fourth-order valence-corrected chi connectivity index (χ4v) is 3.18. The molecule has 0 aliphatic heterocycles. The lowest BCUT2D eigenvalue weighted by Crippen LogP contribution is -2.26. The fraction of sp³-hybridized carbons (Fsp3) is 0.133. The zero-order chi connectivity index (χ0) is 14.8. The molecule has 0 atom stereocenters. The molecule has 0 aliphatic carbocycles. The molecule has 1 amide bonds. The van der Waals surface area contributed by atoms with Gasteiger partial charge in [0.1, 0.15) is 9.71 Å². The van der Waals surface area contributed by atoms with E-state index in [1.165, 1.54) is 11.3 Å². The minimum absolute atomic E-state index is 0.0905. The van der Waals surface area contributed by atoms with Gasteiger partial charge in [-0.1, -0.05) is 0 Å². The van der Waals surface area contributed by atoms with Gasteiger partial charge < -0.3 is 10.6 Å². The number of anilines is 1. The Morgan fingerprint density at radius 3 is 2.76 bits per heavy atom. The van der Waals surface area contributed by atoms with E-state index in [-0.39, 0.29) is 5.91 Å². The summed E-state index contributed by atoms with van der Waals surface area (Å²) in [4.78, 5) is 23.7. The smallest absolute Gasteiger partial charge is 0.266 e. The van der Waals surface area contributed by atoms with E-state index >= 15 is 0 Å². The second-order valence-electron chi connectivity index (χ2n) is 4.72. The van der Waals surface area contributed by atoms with Crippen molar-refractivity contribution in [1.82, 2.24) is 14.9 Å². The molecule has 3 aromatic heterocycles. The quantitative estimate of drug-likeness (QED) is 0.806. The van der Waals surface area contributed by atoms with Crippen molar-refractivity contribution in [2.75, 3.05) is 12.8 Å². The number of nitrogens with zero attached hydrogens (tertiary/aromatic N) is 3. The van der Waals surface area contributed by atoms with Crippen LogP contribution in [-0.4, -0.2) is 27.8 Å². The molecule has 0 bridgehead atoms. The SMILES string of the molecule is CN(Cc1ccncc1)C(=O)c1sc2ncccc2c1N. The van der Waals surface area contributed by atoms with Gasteiger partial charge in [0.2, 0.25) is 0 Å². The van der Waals surface area contributed by atoms with Gasteiger partial charge in [-0.2, -0.15) is 0 Å². The summed E-state index contributed by atoms with van der Waals surface area (Å²) in [6, 6.07) is 7.48. The highest BCUT2D eigenvalue weighted by Crippen LogP contribution is 2.32. The van der Waals surface area contributed by atoms with E-state index < -0.39 is 0 Å². The van der Waals surface area contributed by atoms with Gasteiger partial charge in [0, 0.05) is 37.6 Å². The molecule has 21 heavy (non-hydrogen) atoms. The van der Waals surface area contributed by atoms with Crippen molar-refractivity contribution in [3.8, 4) is 0 Å². The number of rotatable bonds is 3. The molecule has 3 rings (SSSR count). The lowest BCUT2D eigenvalue weighted by molar-refractivity contribution is 0.0791. The van der Waals surface area contributed by atoms with Gasteiger partial charge in [-0.15, -0.1) is 11.3 Å². The molecule has 5 nitrogen and oxygen atoms in total. The van der Waals surface area contributed by atoms with Crippen LogP contribution in [0.3, 0.4) is 0 Å². The van der Waals surface area contributed by atoms with E-state index in [2.05, 4.69) is 9.97 Å². The van der Waals surface area contributed by atoms with E-state index in [1.54, 1.807) is 30.5 Å². The molecular formula is C15H14N4OS. The number of carbonyl (C=O) groups excluding carboxylic acids is 1. The maximum atomic E-state index is 12.6. The maximum Gasteiger partial charge on any atom is 0.266 e. The first-order valence-corrected chi connectivity index (χ1v) is 7.26. The summed E-state index contributed by atoms with van der Waals surface area (Å²) in [5.41, 5.74) is 7.62. The minimum Gasteiger partial charge on any atom is -0.397 e. The standard InChI is InChI=1S/C15H14N4OS/c1-19(9-10-4-7-17-8-5-10)15(20)13-12(16)11-3-2-6-18-14(11)21-13/h2-8H,9,16H2,1H3. The monoisotopic (exact) mass is 298 g/mol. The largest absolute Gasteiger partial charge is 0.397 e. The van der Waals surface area contributed by atoms with Gasteiger partial charge in [0.15, 0.2) is 0 Å². The normalized spacial score (nSPS) is 10.7. The molecular weight excluding hydrogens is 284 g/mol. The van der Waals surface area contributed by atoms with Crippen LogP contribution in [0, 0.1) is 0 Å². The van der Waals surface area contributed by atoms with Gasteiger partial charge >= 0.3 is 0 Å². The predicted molar refractivity (Wildman–Crippen MR) is 84.1 cm³/mol. The number of thiophene rings is 1. The number of fused-ring (bicyclic) bond motifs is 1. The Bertz CT molecular complexity index is 785. The number of hydrogen-bond donors (Lipinski definition) is 1. The Morgan fingerprint density at radius 2 is 2.05 bits per heavy atom. The highest BCUT2D eigenvalue weighted by atomic mass is 32.1. The second kappa shape index (κ2) is 5.49. The lowest BCUT2D eigenvalue weighted by atomic mass is 10.2. The molecule has 0 saturated heterocycles. The number of hydrogen-bond acceptors (Lipinski definition) is 5. The number of pyridine rings is 2. The molecule has 2 N–H and O–H groups in total. The minimum atomic E-state index is -0.0905. The van der Waals surface area contributed by atoms with E-state index in [0.29, 0.717) is 17.1 Å². The van der Waals surface area contributed by atoms with E-state index in [1.807, 2.05) is 24.3 Å². The zero-order valence-corrected chi connectivity index (χ0v) is 12.3. The van der Waals surface area contributed by atoms with Crippen LogP contribution in [0.15, 0.2) is 42.9 Å². The van der Waals surface area contributed by atoms with Gasteiger partial charge in [-0.05, 0) is 29.8 Å². The summed E-state index contributed by atoms with van der Waals surface area (Å²) in [6.45, 7) is 0.516. The van der Waals surface area contributed by atoms with Crippen molar-refractivity contribution in [3.63, 3.8) is 0 Å². The van der Waals surface area contributed by atoms with Crippen molar-refractivity contribution in [3.05, 3.63) is 53.3 Å². The molecule has 0 aromatic carbocycles. The Morgan fingerprint density at radius 1 is 1.29 bits per heavy atom. The van der Waals surface area contributed by atoms with Crippen LogP contribution in [0.25, 0.3) is 10.2 Å². The van der Waals surface area contributed by atoms with Crippen molar-refractivity contribution in [1.29, 1.82) is 0 Å². The van der Waals surface area contributed by atoms with Crippen LogP contribution < -0.4 is 5.73 Å².